The Balaban J connectivity index is 2.35. The second-order valence-electron chi connectivity index (χ2n) is 4.19. The molecule has 1 saturated carbocycles. The standard InChI is InChI=1S/C10H16N2O/c1-6-5-12-7(2)9(6)10(11)3-8(13)4-10/h5,8,12-13H,3-4,11H2,1-2H3. The highest BCUT2D eigenvalue weighted by Gasteiger charge is 2.43. The van der Waals surface area contributed by atoms with E-state index in [0.29, 0.717) is 12.8 Å². The van der Waals surface area contributed by atoms with Crippen molar-refractivity contribution < 1.29 is 5.11 Å². The third-order valence-electron chi connectivity index (χ3n) is 2.97. The Kier molecular flexibility index (Phi) is 1.75. The van der Waals surface area contributed by atoms with Crippen molar-refractivity contribution in [1.82, 2.24) is 4.98 Å². The highest BCUT2D eigenvalue weighted by atomic mass is 16.3. The van der Waals surface area contributed by atoms with Crippen LogP contribution in [0.5, 0.6) is 0 Å². The smallest absolute Gasteiger partial charge is 0.0582 e. The van der Waals surface area contributed by atoms with Crippen molar-refractivity contribution in [2.45, 2.75) is 38.3 Å². The van der Waals surface area contributed by atoms with E-state index in [0.717, 1.165) is 5.69 Å². The van der Waals surface area contributed by atoms with Gasteiger partial charge in [0.15, 0.2) is 0 Å². The fraction of sp³-hybridized carbons (Fsp3) is 0.600. The molecule has 13 heavy (non-hydrogen) atoms. The zero-order chi connectivity index (χ0) is 9.64. The van der Waals surface area contributed by atoms with E-state index in [-0.39, 0.29) is 11.6 Å². The van der Waals surface area contributed by atoms with Gasteiger partial charge in [0.1, 0.15) is 0 Å². The summed E-state index contributed by atoms with van der Waals surface area (Å²) in [4.78, 5) is 3.16. The first-order valence-corrected chi connectivity index (χ1v) is 4.65. The zero-order valence-electron chi connectivity index (χ0n) is 8.09. The Morgan fingerprint density at radius 2 is 2.15 bits per heavy atom. The predicted molar refractivity (Wildman–Crippen MR) is 51.4 cm³/mol. The number of rotatable bonds is 1. The van der Waals surface area contributed by atoms with Crippen LogP contribution >= 0.6 is 0 Å². The lowest BCUT2D eigenvalue weighted by Gasteiger charge is -2.43. The van der Waals surface area contributed by atoms with E-state index in [1.807, 2.05) is 13.1 Å². The summed E-state index contributed by atoms with van der Waals surface area (Å²) < 4.78 is 0. The summed E-state index contributed by atoms with van der Waals surface area (Å²) in [5.74, 6) is 0. The van der Waals surface area contributed by atoms with E-state index < -0.39 is 0 Å². The van der Waals surface area contributed by atoms with Gasteiger partial charge in [0, 0.05) is 17.4 Å². The lowest BCUT2D eigenvalue weighted by molar-refractivity contribution is 0.0204. The van der Waals surface area contributed by atoms with Gasteiger partial charge in [0.25, 0.3) is 0 Å². The van der Waals surface area contributed by atoms with E-state index in [1.54, 1.807) is 0 Å². The van der Waals surface area contributed by atoms with Gasteiger partial charge >= 0.3 is 0 Å². The summed E-state index contributed by atoms with van der Waals surface area (Å²) in [6, 6.07) is 0. The highest BCUT2D eigenvalue weighted by Crippen LogP contribution is 2.41. The normalized spacial score (nSPS) is 33.1. The average Bonchev–Trinajstić information content (AvgIpc) is 2.28. The average molecular weight is 180 g/mol. The molecule has 1 aromatic rings. The number of aromatic nitrogens is 1. The molecule has 4 N–H and O–H groups in total. The van der Waals surface area contributed by atoms with Crippen molar-refractivity contribution in [2.24, 2.45) is 5.73 Å². The quantitative estimate of drug-likeness (QED) is 0.602. The molecule has 3 nitrogen and oxygen atoms in total. The molecule has 0 spiro atoms. The Morgan fingerprint density at radius 1 is 1.54 bits per heavy atom. The summed E-state index contributed by atoms with van der Waals surface area (Å²) in [6.07, 6.45) is 3.14. The molecule has 0 aliphatic heterocycles. The van der Waals surface area contributed by atoms with Crippen LogP contribution in [0, 0.1) is 13.8 Å². The van der Waals surface area contributed by atoms with Crippen LogP contribution in [0.4, 0.5) is 0 Å². The Hall–Kier alpha value is -0.800. The minimum absolute atomic E-state index is 0.210. The fourth-order valence-electron chi connectivity index (χ4n) is 2.41. The number of aromatic amines is 1. The fourth-order valence-corrected chi connectivity index (χ4v) is 2.41. The van der Waals surface area contributed by atoms with Gasteiger partial charge < -0.3 is 15.8 Å². The molecule has 0 unspecified atom stereocenters. The van der Waals surface area contributed by atoms with Gasteiger partial charge in [0.05, 0.1) is 6.10 Å². The van der Waals surface area contributed by atoms with Crippen molar-refractivity contribution in [3.05, 3.63) is 23.0 Å². The molecule has 1 aliphatic carbocycles. The van der Waals surface area contributed by atoms with E-state index in [2.05, 4.69) is 11.9 Å². The molecule has 0 amide bonds. The summed E-state index contributed by atoms with van der Waals surface area (Å²) in [7, 11) is 0. The third kappa shape index (κ3) is 1.19. The van der Waals surface area contributed by atoms with Gasteiger partial charge in [-0.1, -0.05) is 0 Å². The Bertz CT molecular complexity index is 304. The number of aliphatic hydroxyl groups excluding tert-OH is 1. The van der Waals surface area contributed by atoms with Gasteiger partial charge in [-0.05, 0) is 37.8 Å². The van der Waals surface area contributed by atoms with Crippen LogP contribution in [-0.2, 0) is 5.54 Å². The summed E-state index contributed by atoms with van der Waals surface area (Å²) in [5, 5.41) is 9.27. The molecule has 0 atom stereocenters. The lowest BCUT2D eigenvalue weighted by atomic mass is 9.69. The molecular formula is C10H16N2O. The monoisotopic (exact) mass is 180 g/mol. The van der Waals surface area contributed by atoms with Crippen LogP contribution < -0.4 is 5.73 Å². The van der Waals surface area contributed by atoms with E-state index >= 15 is 0 Å². The van der Waals surface area contributed by atoms with E-state index in [9.17, 15) is 5.11 Å². The molecule has 72 valence electrons. The maximum atomic E-state index is 9.27. The van der Waals surface area contributed by atoms with Crippen LogP contribution in [0.1, 0.15) is 29.7 Å². The molecule has 0 bridgehead atoms. The molecule has 0 aromatic carbocycles. The van der Waals surface area contributed by atoms with Crippen LogP contribution in [0.2, 0.25) is 0 Å². The van der Waals surface area contributed by atoms with Crippen molar-refractivity contribution in [3.8, 4) is 0 Å². The minimum Gasteiger partial charge on any atom is -0.393 e. The van der Waals surface area contributed by atoms with Gasteiger partial charge in [-0.15, -0.1) is 0 Å². The van der Waals surface area contributed by atoms with E-state index in [1.165, 1.54) is 11.1 Å². The molecule has 0 saturated heterocycles. The first-order valence-electron chi connectivity index (χ1n) is 4.65. The molecule has 2 rings (SSSR count). The van der Waals surface area contributed by atoms with Gasteiger partial charge in [-0.3, -0.25) is 0 Å². The summed E-state index contributed by atoms with van der Waals surface area (Å²) >= 11 is 0. The Labute approximate surface area is 78.0 Å². The molecule has 0 radical (unpaired) electrons. The summed E-state index contributed by atoms with van der Waals surface area (Å²) in [6.45, 7) is 4.08. The van der Waals surface area contributed by atoms with Gasteiger partial charge in [0.2, 0.25) is 0 Å². The largest absolute Gasteiger partial charge is 0.393 e. The van der Waals surface area contributed by atoms with Crippen molar-refractivity contribution in [1.29, 1.82) is 0 Å². The maximum absolute atomic E-state index is 9.27. The van der Waals surface area contributed by atoms with Crippen LogP contribution in [-0.4, -0.2) is 16.2 Å². The van der Waals surface area contributed by atoms with Crippen molar-refractivity contribution in [2.75, 3.05) is 0 Å². The van der Waals surface area contributed by atoms with Gasteiger partial charge in [-0.2, -0.15) is 0 Å². The third-order valence-corrected chi connectivity index (χ3v) is 2.97. The predicted octanol–water partition coefficient (Wildman–Crippen LogP) is 0.940. The SMILES string of the molecule is Cc1c[nH]c(C)c1C1(N)CC(O)C1. The molecule has 1 fully saturated rings. The molecule has 1 aromatic heterocycles. The number of aryl methyl sites for hydroxylation is 2. The number of hydrogen-bond acceptors (Lipinski definition) is 2. The molecule has 3 heteroatoms. The van der Waals surface area contributed by atoms with Crippen molar-refractivity contribution in [3.63, 3.8) is 0 Å². The van der Waals surface area contributed by atoms with E-state index in [4.69, 9.17) is 5.73 Å². The number of nitrogens with two attached hydrogens (primary N) is 1. The second kappa shape index (κ2) is 2.59. The highest BCUT2D eigenvalue weighted by molar-refractivity contribution is 5.38. The number of aliphatic hydroxyl groups is 1. The number of nitrogens with one attached hydrogen (secondary N) is 1. The topological polar surface area (TPSA) is 62.0 Å². The second-order valence-corrected chi connectivity index (χ2v) is 4.19. The summed E-state index contributed by atoms with van der Waals surface area (Å²) in [5.41, 5.74) is 9.42. The first-order chi connectivity index (χ1) is 6.03. The zero-order valence-corrected chi connectivity index (χ0v) is 8.09. The maximum Gasteiger partial charge on any atom is 0.0582 e. The Morgan fingerprint density at radius 3 is 2.54 bits per heavy atom. The van der Waals surface area contributed by atoms with Crippen LogP contribution in [0.3, 0.4) is 0 Å². The van der Waals surface area contributed by atoms with Gasteiger partial charge in [-0.25, -0.2) is 0 Å². The van der Waals surface area contributed by atoms with Crippen LogP contribution in [0.25, 0.3) is 0 Å². The van der Waals surface area contributed by atoms with Crippen molar-refractivity contribution >= 4 is 0 Å². The molecule has 1 heterocycles. The lowest BCUT2D eigenvalue weighted by Crippen LogP contribution is -2.52. The minimum atomic E-state index is -0.284. The van der Waals surface area contributed by atoms with Crippen LogP contribution in [0.15, 0.2) is 6.20 Å². The molecular weight excluding hydrogens is 164 g/mol. The number of H-pyrrole nitrogens is 1. The number of hydrogen-bond donors (Lipinski definition) is 3. The molecule has 1 aliphatic rings. The first kappa shape index (κ1) is 8.78.